The van der Waals surface area contributed by atoms with Gasteiger partial charge in [-0.3, -0.25) is 0 Å². The monoisotopic (exact) mass is 448 g/mol. The van der Waals surface area contributed by atoms with Crippen LogP contribution >= 0.6 is 0 Å². The maximum absolute atomic E-state index is 13.5. The number of carbonyl (C=O) groups is 1. The van der Waals surface area contributed by atoms with Crippen LogP contribution in [0.1, 0.15) is 35.6 Å². The summed E-state index contributed by atoms with van der Waals surface area (Å²) < 4.78 is 37.9. The van der Waals surface area contributed by atoms with Crippen LogP contribution in [0.4, 0.5) is 13.6 Å². The first kappa shape index (κ1) is 22.6. The van der Waals surface area contributed by atoms with Crippen LogP contribution in [-0.2, 0) is 21.4 Å². The Morgan fingerprint density at radius 3 is 2.56 bits per heavy atom. The number of aliphatic hydroxyl groups excluding tert-OH is 1. The highest BCUT2D eigenvalue weighted by Gasteiger charge is 2.44. The van der Waals surface area contributed by atoms with E-state index < -0.39 is 29.9 Å². The average Bonchev–Trinajstić information content (AvgIpc) is 3.33. The molecule has 1 aliphatic carbocycles. The van der Waals surface area contributed by atoms with Gasteiger partial charge >= 0.3 is 6.09 Å². The number of carboxylic acid groups (broad SMARTS) is 1. The molecule has 1 amide bonds. The highest BCUT2D eigenvalue weighted by atomic mass is 19.1. The van der Waals surface area contributed by atoms with E-state index in [-0.39, 0.29) is 37.0 Å². The number of hydrogen-bond donors (Lipinski definition) is 4. The zero-order chi connectivity index (χ0) is 22.7. The zero-order valence-corrected chi connectivity index (χ0v) is 17.4. The second-order valence-electron chi connectivity index (χ2n) is 8.34. The van der Waals surface area contributed by atoms with Gasteiger partial charge in [0.15, 0.2) is 0 Å². The molecule has 32 heavy (non-hydrogen) atoms. The summed E-state index contributed by atoms with van der Waals surface area (Å²) in [6.07, 6.45) is -0.838. The quantitative estimate of drug-likeness (QED) is 0.471. The van der Waals surface area contributed by atoms with E-state index in [0.717, 1.165) is 42.2 Å². The van der Waals surface area contributed by atoms with Gasteiger partial charge in [-0.2, -0.15) is 0 Å². The number of ether oxygens (including phenoxy) is 2. The van der Waals surface area contributed by atoms with E-state index in [1.54, 1.807) is 0 Å². The molecular weight excluding hydrogens is 422 g/mol. The van der Waals surface area contributed by atoms with Crippen molar-refractivity contribution in [3.63, 3.8) is 0 Å². The minimum atomic E-state index is -1.32. The third kappa shape index (κ3) is 5.42. The Bertz CT molecular complexity index is 943. The van der Waals surface area contributed by atoms with Crippen molar-refractivity contribution in [1.82, 2.24) is 10.6 Å². The summed E-state index contributed by atoms with van der Waals surface area (Å²) in [7, 11) is 0. The van der Waals surface area contributed by atoms with Gasteiger partial charge in [0.2, 0.25) is 0 Å². The normalized spacial score (nSPS) is 21.2. The molecule has 3 atom stereocenters. The van der Waals surface area contributed by atoms with Crippen molar-refractivity contribution in [1.29, 1.82) is 0 Å². The molecule has 2 fully saturated rings. The molecule has 0 spiro atoms. The summed E-state index contributed by atoms with van der Waals surface area (Å²) in [6.45, 7) is 0.888. The molecule has 4 rings (SSSR count). The van der Waals surface area contributed by atoms with Crippen LogP contribution in [0.5, 0.6) is 0 Å². The Kier molecular flexibility index (Phi) is 6.71. The third-order valence-corrected chi connectivity index (χ3v) is 5.98. The van der Waals surface area contributed by atoms with Crippen molar-refractivity contribution in [2.75, 3.05) is 19.9 Å². The molecule has 1 heterocycles. The SMILES string of the molecule is O=C(O)NC(Cc1cc(F)cc(F)c1)C(O)CNC1(c2cccc(C3COCO3)c2)CC1. The maximum Gasteiger partial charge on any atom is 0.404 e. The van der Waals surface area contributed by atoms with Crippen molar-refractivity contribution in [2.45, 2.75) is 43.1 Å². The number of amides is 1. The molecule has 7 nitrogen and oxygen atoms in total. The van der Waals surface area contributed by atoms with E-state index in [1.807, 2.05) is 18.2 Å². The summed E-state index contributed by atoms with van der Waals surface area (Å²) >= 11 is 0. The fraction of sp³-hybridized carbons (Fsp3) is 0.435. The lowest BCUT2D eigenvalue weighted by molar-refractivity contribution is 0.0465. The predicted molar refractivity (Wildman–Crippen MR) is 111 cm³/mol. The largest absolute Gasteiger partial charge is 0.465 e. The Hall–Kier alpha value is -2.59. The standard InChI is InChI=1S/C23H26F2N2O5/c24-17-6-14(7-18(25)10-17)8-19(27-22(29)30)20(28)11-26-23(4-5-23)16-3-1-2-15(9-16)21-12-31-13-32-21/h1-3,6-7,9-10,19-21,26-28H,4-5,8,11-13H2,(H,29,30). The lowest BCUT2D eigenvalue weighted by atomic mass is 9.98. The molecule has 0 radical (unpaired) electrons. The topological polar surface area (TPSA) is 100 Å². The van der Waals surface area contributed by atoms with Gasteiger partial charge in [0.1, 0.15) is 24.5 Å². The number of hydrogen-bond acceptors (Lipinski definition) is 5. The number of halogens is 2. The van der Waals surface area contributed by atoms with E-state index >= 15 is 0 Å². The molecular formula is C23H26F2N2O5. The van der Waals surface area contributed by atoms with Crippen LogP contribution in [0.2, 0.25) is 0 Å². The highest BCUT2D eigenvalue weighted by molar-refractivity contribution is 5.65. The molecule has 3 unspecified atom stereocenters. The minimum Gasteiger partial charge on any atom is -0.465 e. The summed E-state index contributed by atoms with van der Waals surface area (Å²) in [4.78, 5) is 11.2. The van der Waals surface area contributed by atoms with Crippen molar-refractivity contribution < 1.29 is 33.3 Å². The molecule has 9 heteroatoms. The van der Waals surface area contributed by atoms with Gasteiger partial charge in [0.25, 0.3) is 0 Å². The third-order valence-electron chi connectivity index (χ3n) is 5.98. The van der Waals surface area contributed by atoms with Gasteiger partial charge in [-0.05, 0) is 48.1 Å². The fourth-order valence-corrected chi connectivity index (χ4v) is 4.12. The lowest BCUT2D eigenvalue weighted by Crippen LogP contribution is -2.49. The number of nitrogens with one attached hydrogen (secondary N) is 2. The van der Waals surface area contributed by atoms with Crippen molar-refractivity contribution in [3.05, 3.63) is 70.8 Å². The van der Waals surface area contributed by atoms with E-state index in [1.165, 1.54) is 0 Å². The lowest BCUT2D eigenvalue weighted by Gasteiger charge is -2.26. The van der Waals surface area contributed by atoms with Gasteiger partial charge in [0, 0.05) is 18.2 Å². The second kappa shape index (κ2) is 9.50. The van der Waals surface area contributed by atoms with Gasteiger partial charge in [-0.1, -0.05) is 24.3 Å². The molecule has 1 saturated heterocycles. The first-order valence-corrected chi connectivity index (χ1v) is 10.5. The van der Waals surface area contributed by atoms with Crippen LogP contribution in [0.15, 0.2) is 42.5 Å². The number of rotatable bonds is 9. The highest BCUT2D eigenvalue weighted by Crippen LogP contribution is 2.46. The number of benzene rings is 2. The molecule has 0 bridgehead atoms. The van der Waals surface area contributed by atoms with Crippen molar-refractivity contribution in [3.8, 4) is 0 Å². The Morgan fingerprint density at radius 2 is 1.94 bits per heavy atom. The van der Waals surface area contributed by atoms with E-state index in [2.05, 4.69) is 16.7 Å². The fourth-order valence-electron chi connectivity index (χ4n) is 4.12. The van der Waals surface area contributed by atoms with Gasteiger partial charge in [-0.25, -0.2) is 13.6 Å². The predicted octanol–water partition coefficient (Wildman–Crippen LogP) is 2.83. The molecule has 1 saturated carbocycles. The molecule has 1 aliphatic heterocycles. The van der Waals surface area contributed by atoms with Crippen LogP contribution in [-0.4, -0.2) is 48.4 Å². The molecule has 172 valence electrons. The Balaban J connectivity index is 1.42. The maximum atomic E-state index is 13.5. The van der Waals surface area contributed by atoms with Crippen LogP contribution < -0.4 is 10.6 Å². The summed E-state index contributed by atoms with van der Waals surface area (Å²) in [5.74, 6) is -1.51. The van der Waals surface area contributed by atoms with Crippen molar-refractivity contribution in [2.24, 2.45) is 0 Å². The average molecular weight is 448 g/mol. The summed E-state index contributed by atoms with van der Waals surface area (Å²) in [6, 6.07) is 10.1. The van der Waals surface area contributed by atoms with E-state index in [0.29, 0.717) is 6.61 Å². The first-order chi connectivity index (χ1) is 15.3. The summed E-state index contributed by atoms with van der Waals surface area (Å²) in [5.41, 5.74) is 2.03. The van der Waals surface area contributed by atoms with Gasteiger partial charge in [0.05, 0.1) is 18.8 Å². The van der Waals surface area contributed by atoms with Crippen LogP contribution in [0, 0.1) is 11.6 Å². The molecule has 2 aromatic rings. The number of aliphatic hydroxyl groups is 1. The molecule has 2 aliphatic rings. The van der Waals surface area contributed by atoms with Crippen LogP contribution in [0.25, 0.3) is 0 Å². The van der Waals surface area contributed by atoms with E-state index in [4.69, 9.17) is 14.6 Å². The second-order valence-corrected chi connectivity index (χ2v) is 8.34. The zero-order valence-electron chi connectivity index (χ0n) is 17.4. The van der Waals surface area contributed by atoms with E-state index in [9.17, 15) is 18.7 Å². The molecule has 2 aromatic carbocycles. The first-order valence-electron chi connectivity index (χ1n) is 10.5. The molecule has 4 N–H and O–H groups in total. The molecule has 0 aromatic heterocycles. The summed E-state index contributed by atoms with van der Waals surface area (Å²) in [5, 5.41) is 25.5. The van der Waals surface area contributed by atoms with Gasteiger partial charge in [-0.15, -0.1) is 0 Å². The van der Waals surface area contributed by atoms with Crippen LogP contribution in [0.3, 0.4) is 0 Å². The Labute approximate surface area is 184 Å². The van der Waals surface area contributed by atoms with Crippen molar-refractivity contribution >= 4 is 6.09 Å². The minimum absolute atomic E-state index is 0.0503. The van der Waals surface area contributed by atoms with Gasteiger partial charge < -0.3 is 30.3 Å². The smallest absolute Gasteiger partial charge is 0.404 e. The Morgan fingerprint density at radius 1 is 1.19 bits per heavy atom.